The van der Waals surface area contributed by atoms with Crippen molar-refractivity contribution in [2.45, 2.75) is 0 Å². The van der Waals surface area contributed by atoms with E-state index in [4.69, 9.17) is 34.1 Å². The number of hydrogen-bond donors (Lipinski definition) is 1. The third-order valence-electron chi connectivity index (χ3n) is 2.76. The average molecular weight is 419 g/mol. The number of rotatable bonds is 15. The van der Waals surface area contributed by atoms with Crippen molar-refractivity contribution < 1.29 is 28.8 Å². The molecule has 0 amide bonds. The van der Waals surface area contributed by atoms with Crippen molar-refractivity contribution >= 4 is 15.9 Å². The fraction of sp³-hybridized carbons (Fsp3) is 0.625. The van der Waals surface area contributed by atoms with Gasteiger partial charge in [0, 0.05) is 10.7 Å². The molecule has 0 bridgehead atoms. The Morgan fingerprint density at radius 1 is 0.920 bits per heavy atom. The van der Waals surface area contributed by atoms with Crippen LogP contribution < -0.4 is 4.74 Å². The van der Waals surface area contributed by atoms with Crippen LogP contribution in [-0.2, 0) is 18.9 Å². The number of hydrogen-bond acceptors (Lipinski definition) is 8. The third-order valence-corrected chi connectivity index (χ3v) is 3.19. The first-order valence-corrected chi connectivity index (χ1v) is 8.67. The number of halogens is 1. The molecule has 0 aliphatic heterocycles. The Hall–Kier alpha value is -1.28. The normalized spacial score (nSPS) is 10.6. The summed E-state index contributed by atoms with van der Waals surface area (Å²) >= 11 is 3.25. The fourth-order valence-corrected chi connectivity index (χ4v) is 1.98. The molecule has 9 heteroatoms. The lowest BCUT2D eigenvalue weighted by Crippen LogP contribution is -2.14. The molecule has 0 radical (unpaired) electrons. The van der Waals surface area contributed by atoms with Crippen LogP contribution in [0.5, 0.6) is 5.88 Å². The van der Waals surface area contributed by atoms with Crippen molar-refractivity contribution in [2.24, 2.45) is 0 Å². The predicted molar refractivity (Wildman–Crippen MR) is 92.5 cm³/mol. The van der Waals surface area contributed by atoms with Crippen LogP contribution in [0.15, 0.2) is 16.7 Å². The standard InChI is InChI=1S/C16H23BrN2O6/c17-15-11-14(12-18)16(19-13-15)25-10-9-24-8-7-23-6-5-22-4-3-21-2-1-20/h11,13,20H,1-10H2. The molecular weight excluding hydrogens is 396 g/mol. The minimum Gasteiger partial charge on any atom is -0.474 e. The van der Waals surface area contributed by atoms with E-state index in [2.05, 4.69) is 20.9 Å². The highest BCUT2D eigenvalue weighted by molar-refractivity contribution is 9.10. The first-order valence-electron chi connectivity index (χ1n) is 7.88. The molecule has 8 nitrogen and oxygen atoms in total. The minimum absolute atomic E-state index is 0.0211. The molecule has 1 aromatic heterocycles. The Morgan fingerprint density at radius 2 is 1.44 bits per heavy atom. The molecule has 0 saturated carbocycles. The number of aromatic nitrogens is 1. The summed E-state index contributed by atoms with van der Waals surface area (Å²) < 4.78 is 27.2. The smallest absolute Gasteiger partial charge is 0.231 e. The molecule has 0 fully saturated rings. The molecule has 0 saturated heterocycles. The van der Waals surface area contributed by atoms with Gasteiger partial charge in [0.1, 0.15) is 18.2 Å². The van der Waals surface area contributed by atoms with Crippen molar-refractivity contribution in [2.75, 3.05) is 66.1 Å². The maximum Gasteiger partial charge on any atom is 0.231 e. The maximum absolute atomic E-state index is 8.99. The van der Waals surface area contributed by atoms with E-state index in [9.17, 15) is 0 Å². The SMILES string of the molecule is N#Cc1cc(Br)cnc1OCCOCCOCCOCCOCCO. The topological polar surface area (TPSA) is 103 Å². The number of aliphatic hydroxyl groups excluding tert-OH is 1. The van der Waals surface area contributed by atoms with Crippen molar-refractivity contribution in [3.8, 4) is 11.9 Å². The Labute approximate surface area is 155 Å². The van der Waals surface area contributed by atoms with Crippen LogP contribution in [0.25, 0.3) is 0 Å². The predicted octanol–water partition coefficient (Wildman–Crippen LogP) is 1.15. The molecule has 0 aliphatic rings. The molecule has 1 heterocycles. The van der Waals surface area contributed by atoms with Crippen LogP contribution in [0.3, 0.4) is 0 Å². The van der Waals surface area contributed by atoms with Crippen LogP contribution in [0.4, 0.5) is 0 Å². The highest BCUT2D eigenvalue weighted by Gasteiger charge is 2.05. The largest absolute Gasteiger partial charge is 0.474 e. The van der Waals surface area contributed by atoms with Crippen LogP contribution >= 0.6 is 15.9 Å². The lowest BCUT2D eigenvalue weighted by Gasteiger charge is -2.08. The van der Waals surface area contributed by atoms with E-state index in [0.29, 0.717) is 70.9 Å². The Balaban J connectivity index is 1.90. The molecule has 0 aromatic carbocycles. The lowest BCUT2D eigenvalue weighted by atomic mass is 10.3. The van der Waals surface area contributed by atoms with Gasteiger partial charge < -0.3 is 28.8 Å². The van der Waals surface area contributed by atoms with Crippen LogP contribution in [0, 0.1) is 11.3 Å². The fourth-order valence-electron chi connectivity index (χ4n) is 1.65. The highest BCUT2D eigenvalue weighted by Crippen LogP contribution is 2.18. The second kappa shape index (κ2) is 15.0. The highest BCUT2D eigenvalue weighted by atomic mass is 79.9. The quantitative estimate of drug-likeness (QED) is 0.423. The van der Waals surface area contributed by atoms with Gasteiger partial charge in [0.15, 0.2) is 0 Å². The summed E-state index contributed by atoms with van der Waals surface area (Å²) in [5.41, 5.74) is 0.375. The number of ether oxygens (including phenoxy) is 5. The number of pyridine rings is 1. The third kappa shape index (κ3) is 11.0. The Morgan fingerprint density at radius 3 is 1.96 bits per heavy atom. The zero-order valence-electron chi connectivity index (χ0n) is 14.0. The Kier molecular flexibility index (Phi) is 13.1. The average Bonchev–Trinajstić information content (AvgIpc) is 2.63. The number of nitriles is 1. The molecule has 0 aliphatic carbocycles. The summed E-state index contributed by atoms with van der Waals surface area (Å²) in [5.74, 6) is 0.297. The van der Waals surface area contributed by atoms with E-state index < -0.39 is 0 Å². The summed E-state index contributed by atoms with van der Waals surface area (Å²) in [4.78, 5) is 4.04. The monoisotopic (exact) mass is 418 g/mol. The van der Waals surface area contributed by atoms with Crippen molar-refractivity contribution in [3.05, 3.63) is 22.3 Å². The molecule has 1 rings (SSSR count). The second-order valence-electron chi connectivity index (χ2n) is 4.64. The van der Waals surface area contributed by atoms with Gasteiger partial charge in [0.05, 0.1) is 59.5 Å². The lowest BCUT2D eigenvalue weighted by molar-refractivity contribution is -0.00790. The second-order valence-corrected chi connectivity index (χ2v) is 5.56. The zero-order valence-corrected chi connectivity index (χ0v) is 15.6. The molecule has 1 aromatic rings. The summed E-state index contributed by atoms with van der Waals surface area (Å²) in [6.07, 6.45) is 1.58. The van der Waals surface area contributed by atoms with Gasteiger partial charge in [-0.3, -0.25) is 0 Å². The first-order chi connectivity index (χ1) is 12.3. The van der Waals surface area contributed by atoms with Crippen LogP contribution in [-0.4, -0.2) is 76.2 Å². The van der Waals surface area contributed by atoms with E-state index >= 15 is 0 Å². The van der Waals surface area contributed by atoms with Gasteiger partial charge in [-0.05, 0) is 22.0 Å². The van der Waals surface area contributed by atoms with Crippen molar-refractivity contribution in [1.29, 1.82) is 5.26 Å². The summed E-state index contributed by atoms with van der Waals surface area (Å²) in [5, 5.41) is 17.5. The summed E-state index contributed by atoms with van der Waals surface area (Å²) in [6, 6.07) is 3.68. The van der Waals surface area contributed by atoms with Gasteiger partial charge >= 0.3 is 0 Å². The van der Waals surface area contributed by atoms with Gasteiger partial charge in [0.2, 0.25) is 5.88 Å². The first kappa shape index (κ1) is 21.8. The van der Waals surface area contributed by atoms with Crippen LogP contribution in [0.2, 0.25) is 0 Å². The van der Waals surface area contributed by atoms with Gasteiger partial charge in [-0.25, -0.2) is 4.98 Å². The molecule has 0 spiro atoms. The molecule has 140 valence electrons. The molecular formula is C16H23BrN2O6. The van der Waals surface area contributed by atoms with E-state index in [1.54, 1.807) is 12.3 Å². The van der Waals surface area contributed by atoms with Crippen LogP contribution in [0.1, 0.15) is 5.56 Å². The Bertz CT molecular complexity index is 512. The van der Waals surface area contributed by atoms with Crippen molar-refractivity contribution in [3.63, 3.8) is 0 Å². The van der Waals surface area contributed by atoms with E-state index in [1.807, 2.05) is 6.07 Å². The van der Waals surface area contributed by atoms with Crippen molar-refractivity contribution in [1.82, 2.24) is 4.98 Å². The number of nitrogens with zero attached hydrogens (tertiary/aromatic N) is 2. The van der Waals surface area contributed by atoms with E-state index in [0.717, 1.165) is 4.47 Å². The molecule has 1 N–H and O–H groups in total. The molecule has 0 unspecified atom stereocenters. The van der Waals surface area contributed by atoms with E-state index in [1.165, 1.54) is 0 Å². The maximum atomic E-state index is 8.99. The summed E-state index contributed by atoms with van der Waals surface area (Å²) in [6.45, 7) is 3.85. The van der Waals surface area contributed by atoms with Gasteiger partial charge in [-0.15, -0.1) is 0 Å². The summed E-state index contributed by atoms with van der Waals surface area (Å²) in [7, 11) is 0. The van der Waals surface area contributed by atoms with Gasteiger partial charge in [-0.1, -0.05) is 0 Å². The number of aliphatic hydroxyl groups is 1. The zero-order chi connectivity index (χ0) is 18.2. The molecule has 25 heavy (non-hydrogen) atoms. The molecule has 0 atom stereocenters. The van der Waals surface area contributed by atoms with Gasteiger partial charge in [0.25, 0.3) is 0 Å². The minimum atomic E-state index is 0.0211. The van der Waals surface area contributed by atoms with E-state index in [-0.39, 0.29) is 6.61 Å². The van der Waals surface area contributed by atoms with Gasteiger partial charge in [-0.2, -0.15) is 5.26 Å².